The Morgan fingerprint density at radius 1 is 0.833 bits per heavy atom. The molecule has 1 nitrogen and oxygen atoms in total. The van der Waals surface area contributed by atoms with Crippen molar-refractivity contribution in [3.8, 4) is 0 Å². The Morgan fingerprint density at radius 2 is 1.44 bits per heavy atom. The molecule has 102 valence electrons. The standard InChI is InChI=1S/C17H29N/c1-3-5-7-8-10-15(9-6-4-2)16-11-13-17(18)14-12-16/h11-15H,3-10,18H2,1-2H3. The van der Waals surface area contributed by atoms with Gasteiger partial charge in [-0.3, -0.25) is 0 Å². The van der Waals surface area contributed by atoms with E-state index in [1.807, 2.05) is 12.1 Å². The molecule has 0 fully saturated rings. The van der Waals surface area contributed by atoms with E-state index in [0.29, 0.717) is 0 Å². The van der Waals surface area contributed by atoms with E-state index in [2.05, 4.69) is 26.0 Å². The van der Waals surface area contributed by atoms with Crippen molar-refractivity contribution in [3.05, 3.63) is 29.8 Å². The molecular weight excluding hydrogens is 218 g/mol. The Kier molecular flexibility index (Phi) is 7.55. The number of benzene rings is 1. The maximum absolute atomic E-state index is 5.77. The van der Waals surface area contributed by atoms with Crippen molar-refractivity contribution >= 4 is 5.69 Å². The lowest BCUT2D eigenvalue weighted by molar-refractivity contribution is 0.509. The fourth-order valence-corrected chi connectivity index (χ4v) is 2.51. The van der Waals surface area contributed by atoms with E-state index in [0.717, 1.165) is 11.6 Å². The van der Waals surface area contributed by atoms with Crippen LogP contribution in [0, 0.1) is 0 Å². The molecule has 1 aromatic rings. The molecule has 18 heavy (non-hydrogen) atoms. The van der Waals surface area contributed by atoms with Crippen molar-refractivity contribution in [1.29, 1.82) is 0 Å². The Morgan fingerprint density at radius 3 is 2.06 bits per heavy atom. The molecule has 1 atom stereocenters. The van der Waals surface area contributed by atoms with E-state index in [-0.39, 0.29) is 0 Å². The summed E-state index contributed by atoms with van der Waals surface area (Å²) in [6.07, 6.45) is 10.7. The molecule has 1 heteroatoms. The largest absolute Gasteiger partial charge is 0.399 e. The minimum Gasteiger partial charge on any atom is -0.399 e. The molecule has 0 heterocycles. The second-order valence-corrected chi connectivity index (χ2v) is 5.36. The van der Waals surface area contributed by atoms with Gasteiger partial charge in [-0.1, -0.05) is 64.5 Å². The average molecular weight is 247 g/mol. The lowest BCUT2D eigenvalue weighted by atomic mass is 9.88. The van der Waals surface area contributed by atoms with Crippen LogP contribution < -0.4 is 5.73 Å². The van der Waals surface area contributed by atoms with Gasteiger partial charge in [-0.2, -0.15) is 0 Å². The van der Waals surface area contributed by atoms with Crippen LogP contribution in [0.4, 0.5) is 5.69 Å². The minimum atomic E-state index is 0.738. The van der Waals surface area contributed by atoms with E-state index in [1.54, 1.807) is 0 Å². The zero-order valence-corrected chi connectivity index (χ0v) is 12.1. The van der Waals surface area contributed by atoms with Crippen molar-refractivity contribution in [2.75, 3.05) is 5.73 Å². The average Bonchev–Trinajstić information content (AvgIpc) is 2.39. The number of unbranched alkanes of at least 4 members (excludes halogenated alkanes) is 4. The Hall–Kier alpha value is -0.980. The first-order chi connectivity index (χ1) is 8.77. The molecule has 0 bridgehead atoms. The van der Waals surface area contributed by atoms with Gasteiger partial charge in [0, 0.05) is 5.69 Å². The number of nitrogen functional groups attached to an aromatic ring is 1. The van der Waals surface area contributed by atoms with Gasteiger partial charge in [0.15, 0.2) is 0 Å². The first-order valence-electron chi connectivity index (χ1n) is 7.63. The molecule has 0 aromatic heterocycles. The maximum Gasteiger partial charge on any atom is 0.0314 e. The molecule has 0 saturated carbocycles. The Balaban J connectivity index is 2.51. The van der Waals surface area contributed by atoms with E-state index in [4.69, 9.17) is 5.73 Å². The highest BCUT2D eigenvalue weighted by Gasteiger charge is 2.10. The van der Waals surface area contributed by atoms with Crippen LogP contribution >= 0.6 is 0 Å². The summed E-state index contributed by atoms with van der Waals surface area (Å²) in [6.45, 7) is 4.55. The fourth-order valence-electron chi connectivity index (χ4n) is 2.51. The summed E-state index contributed by atoms with van der Waals surface area (Å²) in [6, 6.07) is 8.52. The number of hydrogen-bond donors (Lipinski definition) is 1. The maximum atomic E-state index is 5.77. The zero-order chi connectivity index (χ0) is 13.2. The Bertz CT molecular complexity index is 302. The van der Waals surface area contributed by atoms with Crippen LogP contribution in [0.1, 0.15) is 76.7 Å². The number of hydrogen-bond acceptors (Lipinski definition) is 1. The number of rotatable bonds is 9. The molecule has 0 aliphatic carbocycles. The van der Waals surface area contributed by atoms with Crippen molar-refractivity contribution in [2.24, 2.45) is 0 Å². The highest BCUT2D eigenvalue weighted by Crippen LogP contribution is 2.28. The predicted octanol–water partition coefficient (Wildman–Crippen LogP) is 5.51. The van der Waals surface area contributed by atoms with E-state index >= 15 is 0 Å². The summed E-state index contributed by atoms with van der Waals surface area (Å²) in [5.74, 6) is 0.738. The highest BCUT2D eigenvalue weighted by molar-refractivity contribution is 5.40. The lowest BCUT2D eigenvalue weighted by Crippen LogP contribution is -2.00. The summed E-state index contributed by atoms with van der Waals surface area (Å²) >= 11 is 0. The molecule has 1 rings (SSSR count). The molecular formula is C17H29N. The van der Waals surface area contributed by atoms with Crippen LogP contribution in [-0.4, -0.2) is 0 Å². The summed E-state index contributed by atoms with van der Waals surface area (Å²) in [5.41, 5.74) is 8.12. The molecule has 0 spiro atoms. The third-order valence-corrected chi connectivity index (χ3v) is 3.72. The van der Waals surface area contributed by atoms with Gasteiger partial charge >= 0.3 is 0 Å². The first kappa shape index (κ1) is 15.1. The van der Waals surface area contributed by atoms with E-state index in [1.165, 1.54) is 56.9 Å². The van der Waals surface area contributed by atoms with Crippen LogP contribution in [0.3, 0.4) is 0 Å². The van der Waals surface area contributed by atoms with Crippen molar-refractivity contribution in [3.63, 3.8) is 0 Å². The number of anilines is 1. The topological polar surface area (TPSA) is 26.0 Å². The Labute approximate surface area is 113 Å². The van der Waals surface area contributed by atoms with E-state index in [9.17, 15) is 0 Å². The summed E-state index contributed by atoms with van der Waals surface area (Å²) in [7, 11) is 0. The zero-order valence-electron chi connectivity index (χ0n) is 12.1. The molecule has 1 unspecified atom stereocenters. The molecule has 0 saturated heterocycles. The van der Waals surface area contributed by atoms with Crippen LogP contribution in [0.15, 0.2) is 24.3 Å². The van der Waals surface area contributed by atoms with Gasteiger partial charge in [0.05, 0.1) is 0 Å². The van der Waals surface area contributed by atoms with Gasteiger partial charge in [-0.25, -0.2) is 0 Å². The monoisotopic (exact) mass is 247 g/mol. The van der Waals surface area contributed by atoms with Gasteiger partial charge < -0.3 is 5.73 Å². The second-order valence-electron chi connectivity index (χ2n) is 5.36. The molecule has 0 aliphatic heterocycles. The highest BCUT2D eigenvalue weighted by atomic mass is 14.5. The normalized spacial score (nSPS) is 12.6. The molecule has 2 N–H and O–H groups in total. The predicted molar refractivity (Wildman–Crippen MR) is 81.9 cm³/mol. The summed E-state index contributed by atoms with van der Waals surface area (Å²) in [4.78, 5) is 0. The minimum absolute atomic E-state index is 0.738. The van der Waals surface area contributed by atoms with Gasteiger partial charge in [0.2, 0.25) is 0 Å². The summed E-state index contributed by atoms with van der Waals surface area (Å²) < 4.78 is 0. The van der Waals surface area contributed by atoms with Crippen molar-refractivity contribution in [1.82, 2.24) is 0 Å². The summed E-state index contributed by atoms with van der Waals surface area (Å²) in [5, 5.41) is 0. The molecule has 0 radical (unpaired) electrons. The van der Waals surface area contributed by atoms with Crippen LogP contribution in [-0.2, 0) is 0 Å². The van der Waals surface area contributed by atoms with Gasteiger partial charge in [-0.05, 0) is 36.5 Å². The van der Waals surface area contributed by atoms with Gasteiger partial charge in [0.25, 0.3) is 0 Å². The van der Waals surface area contributed by atoms with Crippen molar-refractivity contribution in [2.45, 2.75) is 71.1 Å². The van der Waals surface area contributed by atoms with Gasteiger partial charge in [-0.15, -0.1) is 0 Å². The smallest absolute Gasteiger partial charge is 0.0314 e. The quantitative estimate of drug-likeness (QED) is 0.451. The fraction of sp³-hybridized carbons (Fsp3) is 0.647. The molecule has 0 amide bonds. The third kappa shape index (κ3) is 5.57. The molecule has 1 aromatic carbocycles. The van der Waals surface area contributed by atoms with Crippen LogP contribution in [0.5, 0.6) is 0 Å². The molecule has 0 aliphatic rings. The van der Waals surface area contributed by atoms with Gasteiger partial charge in [0.1, 0.15) is 0 Å². The van der Waals surface area contributed by atoms with Crippen molar-refractivity contribution < 1.29 is 0 Å². The first-order valence-corrected chi connectivity index (χ1v) is 7.63. The SMILES string of the molecule is CCCCCCC(CCCC)c1ccc(N)cc1. The van der Waals surface area contributed by atoms with Crippen LogP contribution in [0.2, 0.25) is 0 Å². The van der Waals surface area contributed by atoms with E-state index < -0.39 is 0 Å². The lowest BCUT2D eigenvalue weighted by Gasteiger charge is -2.17. The third-order valence-electron chi connectivity index (χ3n) is 3.72. The number of nitrogens with two attached hydrogens (primary N) is 1. The van der Waals surface area contributed by atoms with Crippen LogP contribution in [0.25, 0.3) is 0 Å². The second kappa shape index (κ2) is 9.02.